The second kappa shape index (κ2) is 7.16. The summed E-state index contributed by atoms with van der Waals surface area (Å²) in [5.41, 5.74) is 1.54. The summed E-state index contributed by atoms with van der Waals surface area (Å²) in [4.78, 5) is 7.80. The summed E-state index contributed by atoms with van der Waals surface area (Å²) in [6.07, 6.45) is -0.980. The maximum absolute atomic E-state index is 12.9. The fourth-order valence-electron chi connectivity index (χ4n) is 2.94. The topological polar surface area (TPSA) is 68.0 Å². The van der Waals surface area contributed by atoms with Crippen LogP contribution in [0.2, 0.25) is 0 Å². The predicted octanol–water partition coefficient (Wildman–Crippen LogP) is 5.07. The Morgan fingerprint density at radius 2 is 1.79 bits per heavy atom. The van der Waals surface area contributed by atoms with Gasteiger partial charge in [-0.3, -0.25) is 4.40 Å². The van der Waals surface area contributed by atoms with Gasteiger partial charge in [-0.25, -0.2) is 9.97 Å². The zero-order valence-electron chi connectivity index (χ0n) is 15.6. The minimum atomic E-state index is -4.50. The number of alkyl halides is 3. The molecule has 0 aromatic carbocycles. The smallest absolute Gasteiger partial charge is 0.325 e. The van der Waals surface area contributed by atoms with Gasteiger partial charge in [0.1, 0.15) is 23.2 Å². The molecular formula is C20H17F3N6. The third-order valence-electron chi connectivity index (χ3n) is 4.33. The van der Waals surface area contributed by atoms with E-state index in [2.05, 4.69) is 25.5 Å². The van der Waals surface area contributed by atoms with Crippen molar-refractivity contribution in [3.05, 3.63) is 66.4 Å². The Morgan fingerprint density at radius 3 is 2.55 bits per heavy atom. The standard InChI is InChI=1S/C20H17F3N6/c1-12(2)19-28-27-18-7-6-14(11-29(18)19)13-8-9-24-17(10-13)26-16-5-3-4-15(25-16)20(21,22)23/h3-12H,1-2H3,(H,24,25,26). The SMILES string of the molecule is CC(C)c1nnc2ccc(-c3ccnc(Nc4cccc(C(F)(F)F)n4)c3)cn12. The number of rotatable bonds is 4. The second-order valence-corrected chi connectivity index (χ2v) is 6.82. The Morgan fingerprint density at radius 1 is 0.966 bits per heavy atom. The molecule has 0 bridgehead atoms. The van der Waals surface area contributed by atoms with E-state index < -0.39 is 11.9 Å². The van der Waals surface area contributed by atoms with Crippen molar-refractivity contribution in [2.45, 2.75) is 25.9 Å². The molecule has 0 aliphatic rings. The first-order valence-corrected chi connectivity index (χ1v) is 8.93. The third kappa shape index (κ3) is 3.89. The molecule has 29 heavy (non-hydrogen) atoms. The Labute approximate surface area is 164 Å². The van der Waals surface area contributed by atoms with Crippen molar-refractivity contribution in [1.29, 1.82) is 0 Å². The van der Waals surface area contributed by atoms with E-state index in [9.17, 15) is 13.2 Å². The molecule has 9 heteroatoms. The molecule has 0 unspecified atom stereocenters. The molecule has 4 rings (SSSR count). The number of nitrogens with zero attached hydrogens (tertiary/aromatic N) is 5. The van der Waals surface area contributed by atoms with Crippen molar-refractivity contribution in [2.75, 3.05) is 5.32 Å². The number of hydrogen-bond acceptors (Lipinski definition) is 5. The van der Waals surface area contributed by atoms with Crippen LogP contribution >= 0.6 is 0 Å². The van der Waals surface area contributed by atoms with E-state index in [1.807, 2.05) is 42.6 Å². The van der Waals surface area contributed by atoms with Gasteiger partial charge in [0, 0.05) is 18.3 Å². The molecule has 0 amide bonds. The van der Waals surface area contributed by atoms with Gasteiger partial charge in [-0.1, -0.05) is 19.9 Å². The molecule has 0 atom stereocenters. The van der Waals surface area contributed by atoms with E-state index in [-0.39, 0.29) is 11.7 Å². The lowest BCUT2D eigenvalue weighted by atomic mass is 10.1. The lowest BCUT2D eigenvalue weighted by Crippen LogP contribution is -2.09. The first kappa shape index (κ1) is 18.9. The molecule has 0 saturated heterocycles. The fraction of sp³-hybridized carbons (Fsp3) is 0.200. The molecule has 0 saturated carbocycles. The van der Waals surface area contributed by atoms with Crippen LogP contribution in [0.5, 0.6) is 0 Å². The van der Waals surface area contributed by atoms with E-state index in [0.717, 1.165) is 28.7 Å². The van der Waals surface area contributed by atoms with Crippen LogP contribution in [-0.4, -0.2) is 24.6 Å². The van der Waals surface area contributed by atoms with E-state index >= 15 is 0 Å². The van der Waals surface area contributed by atoms with Crippen molar-refractivity contribution in [3.8, 4) is 11.1 Å². The van der Waals surface area contributed by atoms with Gasteiger partial charge in [0.15, 0.2) is 5.65 Å². The van der Waals surface area contributed by atoms with Gasteiger partial charge in [-0.05, 0) is 47.5 Å². The van der Waals surface area contributed by atoms with Crippen LogP contribution < -0.4 is 5.32 Å². The molecule has 0 aliphatic carbocycles. The summed E-state index contributed by atoms with van der Waals surface area (Å²) in [5, 5.41) is 11.2. The molecule has 4 heterocycles. The lowest BCUT2D eigenvalue weighted by molar-refractivity contribution is -0.141. The average molecular weight is 398 g/mol. The molecule has 4 aromatic heterocycles. The fourth-order valence-corrected chi connectivity index (χ4v) is 2.94. The third-order valence-corrected chi connectivity index (χ3v) is 4.33. The summed E-state index contributed by atoms with van der Waals surface area (Å²) in [6.45, 7) is 4.08. The van der Waals surface area contributed by atoms with E-state index in [1.165, 1.54) is 12.1 Å². The first-order valence-electron chi connectivity index (χ1n) is 8.93. The number of nitrogens with one attached hydrogen (secondary N) is 1. The number of aromatic nitrogens is 5. The summed E-state index contributed by atoms with van der Waals surface area (Å²) in [6, 6.07) is 11.0. The summed E-state index contributed by atoms with van der Waals surface area (Å²) in [7, 11) is 0. The van der Waals surface area contributed by atoms with Crippen molar-refractivity contribution < 1.29 is 13.2 Å². The highest BCUT2D eigenvalue weighted by atomic mass is 19.4. The van der Waals surface area contributed by atoms with E-state index in [4.69, 9.17) is 0 Å². The van der Waals surface area contributed by atoms with Crippen LogP contribution in [0.25, 0.3) is 16.8 Å². The molecular weight excluding hydrogens is 381 g/mol. The highest BCUT2D eigenvalue weighted by molar-refractivity contribution is 5.68. The predicted molar refractivity (Wildman–Crippen MR) is 103 cm³/mol. The summed E-state index contributed by atoms with van der Waals surface area (Å²) in [5.74, 6) is 1.52. The average Bonchev–Trinajstić information content (AvgIpc) is 3.11. The van der Waals surface area contributed by atoms with Gasteiger partial charge in [-0.15, -0.1) is 10.2 Å². The number of fused-ring (bicyclic) bond motifs is 1. The Hall–Kier alpha value is -3.49. The minimum absolute atomic E-state index is 0.0702. The van der Waals surface area contributed by atoms with Crippen LogP contribution in [0.15, 0.2) is 54.9 Å². The highest BCUT2D eigenvalue weighted by Gasteiger charge is 2.32. The molecule has 0 aliphatic heterocycles. The molecule has 1 N–H and O–H groups in total. The molecule has 148 valence electrons. The van der Waals surface area contributed by atoms with Gasteiger partial charge >= 0.3 is 6.18 Å². The molecule has 0 fully saturated rings. The largest absolute Gasteiger partial charge is 0.433 e. The second-order valence-electron chi connectivity index (χ2n) is 6.82. The van der Waals surface area contributed by atoms with Crippen molar-refractivity contribution in [2.24, 2.45) is 0 Å². The first-order chi connectivity index (χ1) is 13.8. The van der Waals surface area contributed by atoms with Crippen molar-refractivity contribution in [3.63, 3.8) is 0 Å². The maximum atomic E-state index is 12.9. The maximum Gasteiger partial charge on any atom is 0.433 e. The lowest BCUT2D eigenvalue weighted by Gasteiger charge is -2.10. The van der Waals surface area contributed by atoms with Crippen LogP contribution in [0.3, 0.4) is 0 Å². The zero-order chi connectivity index (χ0) is 20.6. The van der Waals surface area contributed by atoms with Gasteiger partial charge in [0.05, 0.1) is 0 Å². The Balaban J connectivity index is 1.66. The van der Waals surface area contributed by atoms with E-state index in [1.54, 1.807) is 12.3 Å². The Bertz CT molecular complexity index is 1170. The summed E-state index contributed by atoms with van der Waals surface area (Å²) >= 11 is 0. The van der Waals surface area contributed by atoms with Crippen LogP contribution in [-0.2, 0) is 6.18 Å². The van der Waals surface area contributed by atoms with Crippen LogP contribution in [0.1, 0.15) is 31.3 Å². The molecule has 0 radical (unpaired) electrons. The van der Waals surface area contributed by atoms with E-state index in [0.29, 0.717) is 5.82 Å². The normalized spacial score (nSPS) is 11.9. The number of pyridine rings is 3. The number of halogens is 3. The van der Waals surface area contributed by atoms with Crippen LogP contribution in [0.4, 0.5) is 24.8 Å². The summed E-state index contributed by atoms with van der Waals surface area (Å²) < 4.78 is 40.5. The van der Waals surface area contributed by atoms with Gasteiger partial charge in [0.2, 0.25) is 0 Å². The van der Waals surface area contributed by atoms with Crippen LogP contribution in [0, 0.1) is 0 Å². The van der Waals surface area contributed by atoms with Crippen molar-refractivity contribution in [1.82, 2.24) is 24.6 Å². The monoisotopic (exact) mass is 398 g/mol. The zero-order valence-corrected chi connectivity index (χ0v) is 15.6. The number of anilines is 2. The highest BCUT2D eigenvalue weighted by Crippen LogP contribution is 2.29. The van der Waals surface area contributed by atoms with Crippen molar-refractivity contribution >= 4 is 17.3 Å². The molecule has 6 nitrogen and oxygen atoms in total. The molecule has 0 spiro atoms. The van der Waals surface area contributed by atoms with Gasteiger partial charge < -0.3 is 5.32 Å². The quantitative estimate of drug-likeness (QED) is 0.520. The van der Waals surface area contributed by atoms with Gasteiger partial charge in [-0.2, -0.15) is 13.2 Å². The van der Waals surface area contributed by atoms with Gasteiger partial charge in [0.25, 0.3) is 0 Å². The molecule has 4 aromatic rings. The Kier molecular flexibility index (Phi) is 4.65. The number of hydrogen-bond donors (Lipinski definition) is 1. The minimum Gasteiger partial charge on any atom is -0.325 e.